The number of nitrogens with one attached hydrogen (secondary N) is 1. The number of likely N-dealkylation sites (N-methyl/N-ethyl adjacent to an activating group) is 1. The van der Waals surface area contributed by atoms with Crippen LogP contribution in [-0.4, -0.2) is 62.8 Å². The summed E-state index contributed by atoms with van der Waals surface area (Å²) < 4.78 is 44.4. The minimum Gasteiger partial charge on any atom is -0.387 e. The number of alkyl halides is 3. The first-order chi connectivity index (χ1) is 20.4. The number of benzene rings is 2. The summed E-state index contributed by atoms with van der Waals surface area (Å²) in [5.41, 5.74) is 1.02. The van der Waals surface area contributed by atoms with Gasteiger partial charge in [0.05, 0.1) is 29.8 Å². The van der Waals surface area contributed by atoms with Crippen LogP contribution in [0.2, 0.25) is 0 Å². The SMILES string of the molecule is CCNc1cc(-c2ccc(C#N)cc2-c2nncn2C)cc(N2Cc3c(cc([C@H](O)CN(C)C)cc3C(F)(F)F)C2=O)n1. The van der Waals surface area contributed by atoms with Crippen molar-refractivity contribution in [1.29, 1.82) is 5.26 Å². The number of halogens is 3. The van der Waals surface area contributed by atoms with Gasteiger partial charge in [0.2, 0.25) is 0 Å². The van der Waals surface area contributed by atoms with Crippen LogP contribution in [0, 0.1) is 11.3 Å². The lowest BCUT2D eigenvalue weighted by Gasteiger charge is -2.19. The Morgan fingerprint density at radius 1 is 1.14 bits per heavy atom. The summed E-state index contributed by atoms with van der Waals surface area (Å²) in [5.74, 6) is 0.398. The van der Waals surface area contributed by atoms with Gasteiger partial charge in [0.25, 0.3) is 5.91 Å². The molecule has 0 saturated carbocycles. The fourth-order valence-corrected chi connectivity index (χ4v) is 5.17. The molecule has 222 valence electrons. The van der Waals surface area contributed by atoms with Crippen LogP contribution in [0.15, 0.2) is 48.8 Å². The van der Waals surface area contributed by atoms with Gasteiger partial charge in [-0.05, 0) is 79.7 Å². The average Bonchev–Trinajstić information content (AvgIpc) is 3.53. The van der Waals surface area contributed by atoms with Crippen LogP contribution >= 0.6 is 0 Å². The Bertz CT molecular complexity index is 1740. The molecule has 5 rings (SSSR count). The van der Waals surface area contributed by atoms with Gasteiger partial charge in [-0.2, -0.15) is 18.4 Å². The number of aliphatic hydroxyl groups is 1. The van der Waals surface area contributed by atoms with E-state index in [-0.39, 0.29) is 35.6 Å². The third-order valence-electron chi connectivity index (χ3n) is 7.15. The van der Waals surface area contributed by atoms with E-state index in [4.69, 9.17) is 0 Å². The highest BCUT2D eigenvalue weighted by Crippen LogP contribution is 2.41. The number of nitrogens with zero attached hydrogens (tertiary/aromatic N) is 7. The van der Waals surface area contributed by atoms with Crippen molar-refractivity contribution in [1.82, 2.24) is 24.6 Å². The minimum atomic E-state index is -4.74. The van der Waals surface area contributed by atoms with Gasteiger partial charge in [-0.1, -0.05) is 6.07 Å². The molecule has 2 N–H and O–H groups in total. The van der Waals surface area contributed by atoms with Crippen LogP contribution in [0.1, 0.15) is 45.6 Å². The van der Waals surface area contributed by atoms with E-state index in [1.54, 1.807) is 60.9 Å². The van der Waals surface area contributed by atoms with E-state index in [1.807, 2.05) is 6.92 Å². The second-order valence-corrected chi connectivity index (χ2v) is 10.5. The lowest BCUT2D eigenvalue weighted by molar-refractivity contribution is -0.138. The Hall–Kier alpha value is -4.80. The van der Waals surface area contributed by atoms with Gasteiger partial charge in [0.15, 0.2) is 5.82 Å². The first-order valence-corrected chi connectivity index (χ1v) is 13.4. The zero-order valence-corrected chi connectivity index (χ0v) is 23.9. The number of carbonyl (C=O) groups excluding carboxylic acids is 1. The van der Waals surface area contributed by atoms with Gasteiger partial charge in [-0.25, -0.2) is 4.98 Å². The van der Waals surface area contributed by atoms with E-state index in [0.29, 0.717) is 40.4 Å². The number of hydrogen-bond donors (Lipinski definition) is 2. The maximum Gasteiger partial charge on any atom is 0.416 e. The van der Waals surface area contributed by atoms with Crippen LogP contribution in [-0.2, 0) is 19.8 Å². The van der Waals surface area contributed by atoms with Crippen molar-refractivity contribution < 1.29 is 23.1 Å². The highest BCUT2D eigenvalue weighted by Gasteiger charge is 2.41. The van der Waals surface area contributed by atoms with Gasteiger partial charge >= 0.3 is 6.18 Å². The summed E-state index contributed by atoms with van der Waals surface area (Å²) in [6.07, 6.45) is -4.44. The maximum absolute atomic E-state index is 14.2. The fourth-order valence-electron chi connectivity index (χ4n) is 5.17. The van der Waals surface area contributed by atoms with E-state index in [2.05, 4.69) is 26.6 Å². The Kier molecular flexibility index (Phi) is 7.92. The molecule has 0 unspecified atom stereocenters. The molecule has 0 spiro atoms. The van der Waals surface area contributed by atoms with Crippen molar-refractivity contribution in [3.05, 3.63) is 76.6 Å². The van der Waals surface area contributed by atoms with Crippen LogP contribution in [0.25, 0.3) is 22.5 Å². The third-order valence-corrected chi connectivity index (χ3v) is 7.15. The van der Waals surface area contributed by atoms with Gasteiger partial charge in [0.1, 0.15) is 18.0 Å². The molecule has 2 aromatic heterocycles. The number of rotatable bonds is 8. The predicted octanol–water partition coefficient (Wildman–Crippen LogP) is 4.62. The number of anilines is 2. The van der Waals surface area contributed by atoms with Crippen LogP contribution < -0.4 is 10.2 Å². The minimum absolute atomic E-state index is 0.0101. The van der Waals surface area contributed by atoms with Crippen molar-refractivity contribution in [2.45, 2.75) is 25.7 Å². The predicted molar refractivity (Wildman–Crippen MR) is 154 cm³/mol. The number of carbonyl (C=O) groups is 1. The molecule has 0 bridgehead atoms. The zero-order valence-electron chi connectivity index (χ0n) is 23.9. The van der Waals surface area contributed by atoms with Crippen molar-refractivity contribution in [3.63, 3.8) is 0 Å². The summed E-state index contributed by atoms with van der Waals surface area (Å²) in [5, 5.41) is 31.4. The van der Waals surface area contributed by atoms with Gasteiger partial charge < -0.3 is 19.9 Å². The lowest BCUT2D eigenvalue weighted by Crippen LogP contribution is -2.24. The number of aliphatic hydroxyl groups excluding tert-OH is 1. The van der Waals surface area contributed by atoms with Gasteiger partial charge in [-0.3, -0.25) is 9.69 Å². The molecule has 0 radical (unpaired) electrons. The van der Waals surface area contributed by atoms with E-state index in [0.717, 1.165) is 6.07 Å². The van der Waals surface area contributed by atoms with E-state index in [1.165, 1.54) is 17.3 Å². The zero-order chi connectivity index (χ0) is 31.1. The number of pyridine rings is 1. The van der Waals surface area contributed by atoms with E-state index in [9.17, 15) is 28.3 Å². The molecule has 2 aromatic carbocycles. The number of fused-ring (bicyclic) bond motifs is 1. The van der Waals surface area contributed by atoms with Crippen molar-refractivity contribution in [2.24, 2.45) is 7.05 Å². The molecule has 13 heteroatoms. The normalized spacial score (nSPS) is 13.8. The Labute approximate surface area is 246 Å². The second kappa shape index (κ2) is 11.5. The van der Waals surface area contributed by atoms with Gasteiger partial charge in [-0.15, -0.1) is 10.2 Å². The van der Waals surface area contributed by atoms with Crippen molar-refractivity contribution in [3.8, 4) is 28.6 Å². The summed E-state index contributed by atoms with van der Waals surface area (Å²) >= 11 is 0. The number of aromatic nitrogens is 4. The Morgan fingerprint density at radius 3 is 2.53 bits per heavy atom. The molecule has 0 saturated heterocycles. The molecule has 0 fully saturated rings. The smallest absolute Gasteiger partial charge is 0.387 e. The number of aryl methyl sites for hydroxylation is 1. The summed E-state index contributed by atoms with van der Waals surface area (Å²) in [7, 11) is 5.15. The quantitative estimate of drug-likeness (QED) is 0.305. The molecule has 0 aliphatic carbocycles. The molecule has 1 atom stereocenters. The standard InChI is InChI=1S/C30H29F3N8O2/c1-5-35-26-11-18(20-7-6-17(13-34)8-21(20)28-38-36-16-40(28)4)12-27(37-26)41-14-23-22(29(41)43)9-19(25(42)15-39(2)3)10-24(23)30(31,32)33/h6-12,16,25,42H,5,14-15H2,1-4H3,(H,35,37)/t25-/m1/s1. The number of amides is 1. The summed E-state index contributed by atoms with van der Waals surface area (Å²) in [6.45, 7) is 2.10. The first kappa shape index (κ1) is 29.7. The summed E-state index contributed by atoms with van der Waals surface area (Å²) in [4.78, 5) is 21.1. The van der Waals surface area contributed by atoms with Crippen LogP contribution in [0.5, 0.6) is 0 Å². The largest absolute Gasteiger partial charge is 0.416 e. The first-order valence-electron chi connectivity index (χ1n) is 13.4. The van der Waals surface area contributed by atoms with Gasteiger partial charge in [0, 0.05) is 31.3 Å². The molecular weight excluding hydrogens is 561 g/mol. The monoisotopic (exact) mass is 590 g/mol. The van der Waals surface area contributed by atoms with Crippen molar-refractivity contribution >= 4 is 17.5 Å². The molecule has 43 heavy (non-hydrogen) atoms. The summed E-state index contributed by atoms with van der Waals surface area (Å²) in [6, 6.07) is 12.8. The molecule has 4 aromatic rings. The highest BCUT2D eigenvalue weighted by molar-refractivity contribution is 6.10. The highest BCUT2D eigenvalue weighted by atomic mass is 19.4. The van der Waals surface area contributed by atoms with E-state index >= 15 is 0 Å². The molecule has 3 heterocycles. The second-order valence-electron chi connectivity index (χ2n) is 10.5. The number of hydrogen-bond acceptors (Lipinski definition) is 8. The molecule has 1 aliphatic rings. The lowest BCUT2D eigenvalue weighted by atomic mass is 9.96. The molecular formula is C30H29F3N8O2. The molecule has 1 aliphatic heterocycles. The average molecular weight is 591 g/mol. The topological polar surface area (TPSA) is 123 Å². The molecule has 10 nitrogen and oxygen atoms in total. The molecule has 1 amide bonds. The van der Waals surface area contributed by atoms with Crippen molar-refractivity contribution in [2.75, 3.05) is 37.4 Å². The number of nitriles is 1. The maximum atomic E-state index is 14.2. The van der Waals surface area contributed by atoms with Crippen LogP contribution in [0.4, 0.5) is 24.8 Å². The Balaban J connectivity index is 1.64. The van der Waals surface area contributed by atoms with Crippen LogP contribution in [0.3, 0.4) is 0 Å². The van der Waals surface area contributed by atoms with E-state index < -0.39 is 23.8 Å². The Morgan fingerprint density at radius 2 is 1.91 bits per heavy atom. The third kappa shape index (κ3) is 5.79. The fraction of sp³-hybridized carbons (Fsp3) is 0.300.